The summed E-state index contributed by atoms with van der Waals surface area (Å²) in [6.07, 6.45) is -4.52. The molecule has 0 radical (unpaired) electrons. The van der Waals surface area contributed by atoms with Gasteiger partial charge in [-0.2, -0.15) is 13.2 Å². The van der Waals surface area contributed by atoms with Crippen LogP contribution >= 0.6 is 11.6 Å². The minimum Gasteiger partial charge on any atom is -0.465 e. The SMILES string of the molecule is COC(=O)c1ccc(Oc2cc(Cl)c(C(C)C(O)(c3c[nH]c(=O)c(C)c3)C(F)(F)F)cc2F)cc1F. The number of pyridine rings is 1. The number of ether oxygens (including phenoxy) is 2. The van der Waals surface area contributed by atoms with Crippen molar-refractivity contribution >= 4 is 17.6 Å². The number of halogens is 6. The number of hydrogen-bond donors (Lipinski definition) is 2. The Morgan fingerprint density at radius 2 is 1.78 bits per heavy atom. The van der Waals surface area contributed by atoms with Crippen LogP contribution in [0.2, 0.25) is 5.02 Å². The fourth-order valence-electron chi connectivity index (χ4n) is 3.62. The molecule has 2 atom stereocenters. The van der Waals surface area contributed by atoms with Crippen molar-refractivity contribution < 1.29 is 41.3 Å². The molecule has 1 heterocycles. The number of aryl methyl sites for hydroxylation is 1. The van der Waals surface area contributed by atoms with Gasteiger partial charge in [0.1, 0.15) is 11.6 Å². The van der Waals surface area contributed by atoms with Gasteiger partial charge in [-0.05, 0) is 36.8 Å². The molecule has 3 rings (SSSR count). The van der Waals surface area contributed by atoms with Gasteiger partial charge in [0.2, 0.25) is 0 Å². The van der Waals surface area contributed by atoms with E-state index in [9.17, 15) is 36.6 Å². The first kappa shape index (κ1) is 27.2. The molecule has 2 unspecified atom stereocenters. The molecule has 0 aliphatic rings. The largest absolute Gasteiger partial charge is 0.465 e. The average Bonchev–Trinajstić information content (AvgIpc) is 2.80. The molecule has 0 saturated carbocycles. The van der Waals surface area contributed by atoms with Gasteiger partial charge in [-0.25, -0.2) is 13.6 Å². The maximum Gasteiger partial charge on any atom is 0.422 e. The van der Waals surface area contributed by atoms with Crippen LogP contribution in [-0.2, 0) is 10.3 Å². The number of aliphatic hydroxyl groups is 1. The van der Waals surface area contributed by atoms with Crippen molar-refractivity contribution in [1.29, 1.82) is 0 Å². The Hall–Kier alpha value is -3.44. The van der Waals surface area contributed by atoms with Gasteiger partial charge in [-0.3, -0.25) is 4.79 Å². The molecule has 192 valence electrons. The van der Waals surface area contributed by atoms with E-state index in [-0.39, 0.29) is 16.3 Å². The number of esters is 1. The van der Waals surface area contributed by atoms with Gasteiger partial charge < -0.3 is 19.6 Å². The second-order valence-electron chi connectivity index (χ2n) is 7.93. The molecule has 0 saturated heterocycles. The monoisotopic (exact) mass is 531 g/mol. The number of hydrogen-bond acceptors (Lipinski definition) is 5. The number of alkyl halides is 3. The van der Waals surface area contributed by atoms with E-state index in [4.69, 9.17) is 16.3 Å². The normalized spacial score (nSPS) is 14.2. The van der Waals surface area contributed by atoms with Crippen molar-refractivity contribution in [1.82, 2.24) is 4.98 Å². The first-order valence-corrected chi connectivity index (χ1v) is 10.6. The molecule has 0 spiro atoms. The number of carbonyl (C=O) groups is 1. The third kappa shape index (κ3) is 4.93. The van der Waals surface area contributed by atoms with E-state index >= 15 is 0 Å². The lowest BCUT2D eigenvalue weighted by Crippen LogP contribution is -2.47. The fourth-order valence-corrected chi connectivity index (χ4v) is 3.93. The minimum atomic E-state index is -5.25. The molecular weight excluding hydrogens is 513 g/mol. The predicted molar refractivity (Wildman–Crippen MR) is 119 cm³/mol. The van der Waals surface area contributed by atoms with Crippen LogP contribution in [0.4, 0.5) is 22.0 Å². The number of methoxy groups -OCH3 is 1. The molecular formula is C24H19ClF5NO5. The Morgan fingerprint density at radius 1 is 1.11 bits per heavy atom. The zero-order chi connectivity index (χ0) is 27.0. The maximum absolute atomic E-state index is 14.9. The summed E-state index contributed by atoms with van der Waals surface area (Å²) in [5.41, 5.74) is -5.73. The van der Waals surface area contributed by atoms with Gasteiger partial charge in [0.15, 0.2) is 17.2 Å². The van der Waals surface area contributed by atoms with Crippen molar-refractivity contribution in [3.63, 3.8) is 0 Å². The quantitative estimate of drug-likeness (QED) is 0.312. The summed E-state index contributed by atoms with van der Waals surface area (Å²) < 4.78 is 81.1. The Balaban J connectivity index is 2.02. The van der Waals surface area contributed by atoms with Crippen LogP contribution in [-0.4, -0.2) is 29.3 Å². The third-order valence-electron chi connectivity index (χ3n) is 5.68. The molecule has 3 aromatic rings. The molecule has 36 heavy (non-hydrogen) atoms. The lowest BCUT2D eigenvalue weighted by atomic mass is 9.78. The summed E-state index contributed by atoms with van der Waals surface area (Å²) in [4.78, 5) is 25.2. The standard InChI is InChI=1S/C24H19ClF5NO5/c1-11-6-13(10-31-21(11)32)23(34,24(28,29)30)12(2)16-8-19(27)20(9-17(16)25)36-14-4-5-15(18(26)7-14)22(33)35-3/h4-10,12,34H,1-3H3,(H,31,32). The number of benzene rings is 2. The van der Waals surface area contributed by atoms with Crippen LogP contribution in [0.15, 0.2) is 47.4 Å². The Kier molecular flexibility index (Phi) is 7.47. The van der Waals surface area contributed by atoms with Crippen LogP contribution in [0, 0.1) is 18.6 Å². The number of nitrogens with one attached hydrogen (secondary N) is 1. The first-order valence-electron chi connectivity index (χ1n) is 10.2. The first-order chi connectivity index (χ1) is 16.7. The molecule has 0 aliphatic heterocycles. The topological polar surface area (TPSA) is 88.6 Å². The van der Waals surface area contributed by atoms with E-state index < -0.39 is 63.3 Å². The van der Waals surface area contributed by atoms with Crippen LogP contribution < -0.4 is 10.3 Å². The number of aromatic nitrogens is 1. The van der Waals surface area contributed by atoms with E-state index in [1.54, 1.807) is 0 Å². The Labute approximate surface area is 206 Å². The van der Waals surface area contributed by atoms with Gasteiger partial charge in [0.25, 0.3) is 5.56 Å². The summed E-state index contributed by atoms with van der Waals surface area (Å²) in [6.45, 7) is 2.26. The summed E-state index contributed by atoms with van der Waals surface area (Å²) >= 11 is 6.16. The number of H-pyrrole nitrogens is 1. The number of rotatable bonds is 6. The van der Waals surface area contributed by atoms with Crippen molar-refractivity contribution in [3.8, 4) is 11.5 Å². The number of carbonyl (C=O) groups excluding carboxylic acids is 1. The lowest BCUT2D eigenvalue weighted by Gasteiger charge is -2.37. The Bertz CT molecular complexity index is 1370. The summed E-state index contributed by atoms with van der Waals surface area (Å²) in [5, 5.41) is 10.5. The second-order valence-corrected chi connectivity index (χ2v) is 8.33. The maximum atomic E-state index is 14.9. The molecule has 6 nitrogen and oxygen atoms in total. The van der Waals surface area contributed by atoms with Gasteiger partial charge in [0.05, 0.1) is 12.7 Å². The van der Waals surface area contributed by atoms with E-state index in [1.807, 2.05) is 0 Å². The summed E-state index contributed by atoms with van der Waals surface area (Å²) in [7, 11) is 1.06. The molecule has 0 bridgehead atoms. The predicted octanol–water partition coefficient (Wildman–Crippen LogP) is 5.75. The van der Waals surface area contributed by atoms with Gasteiger partial charge in [0, 0.05) is 40.4 Å². The molecule has 0 aliphatic carbocycles. The van der Waals surface area contributed by atoms with Gasteiger partial charge >= 0.3 is 12.1 Å². The number of aromatic amines is 1. The lowest BCUT2D eigenvalue weighted by molar-refractivity contribution is -0.274. The van der Waals surface area contributed by atoms with E-state index in [0.717, 1.165) is 50.6 Å². The van der Waals surface area contributed by atoms with Crippen LogP contribution in [0.3, 0.4) is 0 Å². The fraction of sp³-hybridized carbons (Fsp3) is 0.250. The van der Waals surface area contributed by atoms with Crippen LogP contribution in [0.25, 0.3) is 0 Å². The molecule has 0 fully saturated rings. The zero-order valence-electron chi connectivity index (χ0n) is 19.0. The summed E-state index contributed by atoms with van der Waals surface area (Å²) in [6, 6.07) is 5.41. The third-order valence-corrected chi connectivity index (χ3v) is 6.01. The highest BCUT2D eigenvalue weighted by Gasteiger charge is 2.59. The van der Waals surface area contributed by atoms with Crippen molar-refractivity contribution in [2.24, 2.45) is 0 Å². The Morgan fingerprint density at radius 3 is 2.33 bits per heavy atom. The zero-order valence-corrected chi connectivity index (χ0v) is 19.7. The molecule has 12 heteroatoms. The molecule has 0 amide bonds. The van der Waals surface area contributed by atoms with Crippen LogP contribution in [0.5, 0.6) is 11.5 Å². The van der Waals surface area contributed by atoms with Crippen molar-refractivity contribution in [2.75, 3.05) is 7.11 Å². The average molecular weight is 532 g/mol. The second kappa shape index (κ2) is 9.90. The van der Waals surface area contributed by atoms with Crippen molar-refractivity contribution in [2.45, 2.75) is 31.5 Å². The highest BCUT2D eigenvalue weighted by molar-refractivity contribution is 6.31. The van der Waals surface area contributed by atoms with Gasteiger partial charge in [-0.1, -0.05) is 18.5 Å². The molecule has 1 aromatic heterocycles. The summed E-state index contributed by atoms with van der Waals surface area (Å²) in [5.74, 6) is -5.72. The molecule has 2 aromatic carbocycles. The molecule has 2 N–H and O–H groups in total. The van der Waals surface area contributed by atoms with E-state index in [2.05, 4.69) is 9.72 Å². The highest BCUT2D eigenvalue weighted by atomic mass is 35.5. The van der Waals surface area contributed by atoms with Crippen LogP contribution in [0.1, 0.15) is 39.9 Å². The smallest absolute Gasteiger partial charge is 0.422 e. The highest BCUT2D eigenvalue weighted by Crippen LogP contribution is 2.50. The van der Waals surface area contributed by atoms with E-state index in [1.165, 1.54) is 6.92 Å². The van der Waals surface area contributed by atoms with Crippen molar-refractivity contribution in [3.05, 3.63) is 91.9 Å². The van der Waals surface area contributed by atoms with Gasteiger partial charge in [-0.15, -0.1) is 0 Å². The van der Waals surface area contributed by atoms with E-state index in [0.29, 0.717) is 6.07 Å². The minimum absolute atomic E-state index is 0.0751.